The summed E-state index contributed by atoms with van der Waals surface area (Å²) in [5.41, 5.74) is 0.722. The maximum atomic E-state index is 16.1. The zero-order valence-corrected chi connectivity index (χ0v) is 35.5. The molecule has 0 aliphatic heterocycles. The van der Waals surface area contributed by atoms with E-state index in [2.05, 4.69) is 27.7 Å². The molecule has 0 atom stereocenters. The summed E-state index contributed by atoms with van der Waals surface area (Å²) in [7, 11) is -2.75. The molecule has 0 spiro atoms. The van der Waals surface area contributed by atoms with Crippen LogP contribution in [-0.2, 0) is 8.88 Å². The summed E-state index contributed by atoms with van der Waals surface area (Å²) < 4.78 is 24.4. The van der Waals surface area contributed by atoms with Crippen LogP contribution in [0.2, 0.25) is 0 Å². The molecule has 0 saturated heterocycles. The van der Waals surface area contributed by atoms with Crippen molar-refractivity contribution in [3.63, 3.8) is 0 Å². The van der Waals surface area contributed by atoms with Gasteiger partial charge in [-0.3, -0.25) is 0 Å². The molecule has 2 aliphatic carbocycles. The molecule has 0 unspecified atom stereocenters. The molecule has 0 aromatic heterocycles. The average molecular weight is 713 g/mol. The summed E-state index contributed by atoms with van der Waals surface area (Å²) in [6.45, 7) is 6.72. The second kappa shape index (κ2) is 27.3. The van der Waals surface area contributed by atoms with Gasteiger partial charge in [-0.25, -0.2) is 0 Å². The molecule has 2 saturated carbocycles. The van der Waals surface area contributed by atoms with Crippen molar-refractivity contribution >= 4 is 14.2 Å². The van der Waals surface area contributed by atoms with E-state index in [1.165, 1.54) is 243 Å². The van der Waals surface area contributed by atoms with Gasteiger partial charge in [-0.05, 0) is 0 Å². The Morgan fingerprint density at radius 1 is 0.396 bits per heavy atom. The number of rotatable bonds is 32. The molecule has 2 rings (SSSR count). The number of unbranched alkanes of at least 4 members (excludes halogenated alkanes) is 20. The molecule has 0 aromatic carbocycles. The standard InChI is InChI=1S/C44H90O2P2/c1-5-9-13-17-18-19-20-21-22-23-24-34-42-48(39-31-14-10-6-2,40-32-15-11-7-3,41-33-16-12-8-4)46-47(45,43-35-27-25-28-36-43)44-37-29-26-30-38-44/h43-44H,5-42H2,1-4H3. The van der Waals surface area contributed by atoms with Gasteiger partial charge in [0.05, 0.1) is 0 Å². The van der Waals surface area contributed by atoms with Crippen molar-refractivity contribution in [2.75, 3.05) is 24.6 Å². The van der Waals surface area contributed by atoms with Crippen LogP contribution in [0.25, 0.3) is 0 Å². The second-order valence-corrected chi connectivity index (χ2v) is 26.0. The van der Waals surface area contributed by atoms with Gasteiger partial charge in [-0.2, -0.15) is 0 Å². The third-order valence-corrected chi connectivity index (χ3v) is 24.6. The van der Waals surface area contributed by atoms with Gasteiger partial charge in [-0.1, -0.05) is 13.3 Å². The predicted molar refractivity (Wildman–Crippen MR) is 222 cm³/mol. The molecule has 0 radical (unpaired) electrons. The fraction of sp³-hybridized carbons (Fsp3) is 1.00. The van der Waals surface area contributed by atoms with Crippen LogP contribution in [-0.4, -0.2) is 36.0 Å². The van der Waals surface area contributed by atoms with Gasteiger partial charge >= 0.3 is 292 Å². The first-order valence-electron chi connectivity index (χ1n) is 22.8. The van der Waals surface area contributed by atoms with E-state index >= 15 is 4.57 Å². The van der Waals surface area contributed by atoms with Crippen molar-refractivity contribution in [3.05, 3.63) is 0 Å². The summed E-state index contributed by atoms with van der Waals surface area (Å²) in [4.78, 5) is 0. The fourth-order valence-electron chi connectivity index (χ4n) is 9.68. The van der Waals surface area contributed by atoms with Crippen LogP contribution >= 0.6 is 14.2 Å². The molecule has 0 bridgehead atoms. The monoisotopic (exact) mass is 713 g/mol. The zero-order chi connectivity index (χ0) is 34.7. The Labute approximate surface area is 304 Å². The molecule has 0 N–H and O–H groups in total. The van der Waals surface area contributed by atoms with E-state index in [9.17, 15) is 0 Å². The van der Waals surface area contributed by atoms with Crippen LogP contribution in [0.3, 0.4) is 0 Å². The van der Waals surface area contributed by atoms with E-state index in [-0.39, 0.29) is 0 Å². The van der Waals surface area contributed by atoms with Gasteiger partial charge in [-0.15, -0.1) is 0 Å². The van der Waals surface area contributed by atoms with Crippen LogP contribution in [0, 0.1) is 0 Å². The molecule has 288 valence electrons. The van der Waals surface area contributed by atoms with Crippen molar-refractivity contribution < 1.29 is 8.88 Å². The molecule has 2 nitrogen and oxygen atoms in total. The summed E-state index contributed by atoms with van der Waals surface area (Å²) >= 11 is 0. The van der Waals surface area contributed by atoms with E-state index in [1.807, 2.05) is 0 Å². The molecule has 2 aliphatic rings. The van der Waals surface area contributed by atoms with Gasteiger partial charge in [0, 0.05) is 0 Å². The van der Waals surface area contributed by atoms with E-state index in [1.54, 1.807) is 0 Å². The summed E-state index contributed by atoms with van der Waals surface area (Å²) in [6.07, 6.45) is 50.6. The van der Waals surface area contributed by atoms with Crippen LogP contribution in [0.1, 0.15) is 246 Å². The Bertz CT molecular complexity index is 729. The van der Waals surface area contributed by atoms with Crippen molar-refractivity contribution in [1.29, 1.82) is 0 Å². The van der Waals surface area contributed by atoms with Gasteiger partial charge < -0.3 is 0 Å². The van der Waals surface area contributed by atoms with Crippen LogP contribution < -0.4 is 0 Å². The Hall–Kier alpha value is 0.620. The fourth-order valence-corrected chi connectivity index (χ4v) is 23.1. The van der Waals surface area contributed by atoms with Crippen LogP contribution in [0.5, 0.6) is 0 Å². The molecular weight excluding hydrogens is 622 g/mol. The molecule has 0 amide bonds. The van der Waals surface area contributed by atoms with Gasteiger partial charge in [0.15, 0.2) is 0 Å². The summed E-state index contributed by atoms with van der Waals surface area (Å²) in [6, 6.07) is 0. The number of hydrogen-bond donors (Lipinski definition) is 0. The zero-order valence-electron chi connectivity index (χ0n) is 33.7. The van der Waals surface area contributed by atoms with E-state index < -0.39 is 14.2 Å². The first kappa shape index (κ1) is 44.8. The van der Waals surface area contributed by atoms with E-state index in [0.717, 1.165) is 0 Å². The van der Waals surface area contributed by atoms with Crippen LogP contribution in [0.4, 0.5) is 0 Å². The second-order valence-electron chi connectivity index (χ2n) is 17.1. The van der Waals surface area contributed by atoms with Crippen molar-refractivity contribution in [1.82, 2.24) is 0 Å². The maximum absolute atomic E-state index is 16.1. The molecule has 0 heterocycles. The first-order chi connectivity index (χ1) is 23.5. The Morgan fingerprint density at radius 3 is 0.938 bits per heavy atom. The molecule has 0 aromatic rings. The minimum absolute atomic E-state index is 0.361. The normalized spacial score (nSPS) is 17.9. The Kier molecular flexibility index (Phi) is 25.4. The first-order valence-corrected chi connectivity index (χ1v) is 27.4. The average Bonchev–Trinajstić information content (AvgIpc) is 3.12. The van der Waals surface area contributed by atoms with Crippen molar-refractivity contribution in [3.8, 4) is 0 Å². The number of hydrogen-bond acceptors (Lipinski definition) is 2. The van der Waals surface area contributed by atoms with Gasteiger partial charge in [0.1, 0.15) is 0 Å². The Morgan fingerprint density at radius 2 is 0.646 bits per heavy atom. The SMILES string of the molecule is CCCCCCCCCCCCCCP(CCCCCC)(CCCCCC)(CCCCCC)OP(=O)(C1CCCCC1)C1CCCCC1. The van der Waals surface area contributed by atoms with Crippen LogP contribution in [0.15, 0.2) is 0 Å². The third-order valence-electron chi connectivity index (χ3n) is 12.8. The topological polar surface area (TPSA) is 26.3 Å². The summed E-state index contributed by atoms with van der Waals surface area (Å²) in [5, 5.41) is 0. The van der Waals surface area contributed by atoms with Crippen molar-refractivity contribution in [2.24, 2.45) is 0 Å². The third kappa shape index (κ3) is 17.0. The molecule has 4 heteroatoms. The Balaban J connectivity index is 2.34. The predicted octanol–water partition coefficient (Wildman–Crippen LogP) is 16.9. The van der Waals surface area contributed by atoms with Crippen molar-refractivity contribution in [2.45, 2.75) is 257 Å². The minimum atomic E-state index is -2.75. The molecular formula is C44H90O2P2. The van der Waals surface area contributed by atoms with E-state index in [0.29, 0.717) is 11.3 Å². The molecule has 2 fully saturated rings. The molecule has 48 heavy (non-hydrogen) atoms. The van der Waals surface area contributed by atoms with Gasteiger partial charge in [0.25, 0.3) is 0 Å². The van der Waals surface area contributed by atoms with Gasteiger partial charge in [0.2, 0.25) is 0 Å². The summed E-state index contributed by atoms with van der Waals surface area (Å²) in [5.74, 6) is 0. The van der Waals surface area contributed by atoms with E-state index in [4.69, 9.17) is 4.31 Å². The quantitative estimate of drug-likeness (QED) is 0.0513.